The van der Waals surface area contributed by atoms with Crippen molar-refractivity contribution in [2.24, 2.45) is 0 Å². The molecule has 0 aromatic heterocycles. The first-order valence-electron chi connectivity index (χ1n) is 8.48. The second kappa shape index (κ2) is 7.55. The van der Waals surface area contributed by atoms with Gasteiger partial charge < -0.3 is 5.32 Å². The van der Waals surface area contributed by atoms with Crippen LogP contribution in [0, 0.1) is 0 Å². The lowest BCUT2D eigenvalue weighted by Crippen LogP contribution is -2.45. The SMILES string of the molecule is CC(Cc1cccc(C2(c3cccc(Br)c3)NC(=S)N(C)C2=O)c1)S(=O)(=O)O. The van der Waals surface area contributed by atoms with E-state index < -0.39 is 20.9 Å². The lowest BCUT2D eigenvalue weighted by atomic mass is 9.82. The van der Waals surface area contributed by atoms with Crippen LogP contribution in [0.5, 0.6) is 0 Å². The zero-order chi connectivity index (χ0) is 20.7. The van der Waals surface area contributed by atoms with Gasteiger partial charge in [-0.15, -0.1) is 0 Å². The number of carbonyl (C=O) groups excluding carboxylic acids is 1. The summed E-state index contributed by atoms with van der Waals surface area (Å²) in [5.41, 5.74) is 0.820. The topological polar surface area (TPSA) is 86.7 Å². The van der Waals surface area contributed by atoms with E-state index in [1.54, 1.807) is 31.3 Å². The Morgan fingerprint density at radius 1 is 1.21 bits per heavy atom. The molecule has 9 heteroatoms. The third-order valence-corrected chi connectivity index (χ3v) is 6.93. The first-order valence-corrected chi connectivity index (χ1v) is 11.2. The first-order chi connectivity index (χ1) is 13.1. The Kier molecular flexibility index (Phi) is 5.64. The van der Waals surface area contributed by atoms with Gasteiger partial charge in [0, 0.05) is 11.5 Å². The van der Waals surface area contributed by atoms with Crippen molar-refractivity contribution in [2.45, 2.75) is 24.1 Å². The van der Waals surface area contributed by atoms with Gasteiger partial charge in [-0.25, -0.2) is 0 Å². The van der Waals surface area contributed by atoms with Gasteiger partial charge in [0.2, 0.25) is 0 Å². The molecule has 0 radical (unpaired) electrons. The molecule has 1 aliphatic rings. The van der Waals surface area contributed by atoms with Crippen molar-refractivity contribution >= 4 is 49.3 Å². The minimum absolute atomic E-state index is 0.121. The molecule has 0 bridgehead atoms. The summed E-state index contributed by atoms with van der Waals surface area (Å²) >= 11 is 8.77. The molecule has 2 unspecified atom stereocenters. The molecule has 1 saturated heterocycles. The Labute approximate surface area is 177 Å². The van der Waals surface area contributed by atoms with Crippen molar-refractivity contribution < 1.29 is 17.8 Å². The van der Waals surface area contributed by atoms with Gasteiger partial charge in [0.1, 0.15) is 0 Å². The number of benzene rings is 2. The van der Waals surface area contributed by atoms with Crippen LogP contribution in [-0.2, 0) is 26.9 Å². The Balaban J connectivity index is 2.14. The lowest BCUT2D eigenvalue weighted by Gasteiger charge is -2.29. The highest BCUT2D eigenvalue weighted by Gasteiger charge is 2.50. The minimum Gasteiger partial charge on any atom is -0.341 e. The third-order valence-electron chi connectivity index (χ3n) is 4.87. The number of nitrogens with zero attached hydrogens (tertiary/aromatic N) is 1. The smallest absolute Gasteiger partial charge is 0.267 e. The zero-order valence-corrected chi connectivity index (χ0v) is 18.4. The molecule has 2 aromatic carbocycles. The lowest BCUT2D eigenvalue weighted by molar-refractivity contribution is -0.129. The predicted molar refractivity (Wildman–Crippen MR) is 115 cm³/mol. The van der Waals surface area contributed by atoms with E-state index in [-0.39, 0.29) is 12.3 Å². The highest BCUT2D eigenvalue weighted by atomic mass is 79.9. The summed E-state index contributed by atoms with van der Waals surface area (Å²) in [6.07, 6.45) is 0.121. The van der Waals surface area contributed by atoms with Crippen molar-refractivity contribution in [2.75, 3.05) is 7.05 Å². The van der Waals surface area contributed by atoms with Crippen molar-refractivity contribution in [3.8, 4) is 0 Å². The predicted octanol–water partition coefficient (Wildman–Crippen LogP) is 2.86. The molecule has 6 nitrogen and oxygen atoms in total. The van der Waals surface area contributed by atoms with Gasteiger partial charge in [0.05, 0.1) is 5.25 Å². The number of thiocarbonyl (C=S) groups is 1. The van der Waals surface area contributed by atoms with Gasteiger partial charge in [0.15, 0.2) is 10.7 Å². The minimum atomic E-state index is -4.15. The number of amides is 1. The first kappa shape index (κ1) is 20.9. The van der Waals surface area contributed by atoms with Crippen LogP contribution in [0.15, 0.2) is 53.0 Å². The molecule has 0 spiro atoms. The van der Waals surface area contributed by atoms with Crippen LogP contribution in [0.1, 0.15) is 23.6 Å². The number of nitrogens with one attached hydrogen (secondary N) is 1. The number of halogens is 1. The third kappa shape index (κ3) is 3.71. The van der Waals surface area contributed by atoms with Crippen molar-refractivity contribution in [1.29, 1.82) is 0 Å². The number of rotatable bonds is 5. The second-order valence-corrected chi connectivity index (χ2v) is 9.92. The molecular formula is C19H19BrN2O4S2. The summed E-state index contributed by atoms with van der Waals surface area (Å²) in [6.45, 7) is 1.44. The summed E-state index contributed by atoms with van der Waals surface area (Å²) in [5, 5.41) is 2.51. The van der Waals surface area contributed by atoms with E-state index in [2.05, 4.69) is 21.2 Å². The highest BCUT2D eigenvalue weighted by molar-refractivity contribution is 9.10. The molecule has 1 fully saturated rings. The average Bonchev–Trinajstić information content (AvgIpc) is 2.86. The van der Waals surface area contributed by atoms with E-state index in [1.807, 2.05) is 24.3 Å². The quantitative estimate of drug-likeness (QED) is 0.503. The van der Waals surface area contributed by atoms with Crippen LogP contribution in [0.4, 0.5) is 0 Å². The Hall–Kier alpha value is -1.81. The Bertz CT molecular complexity index is 1060. The van der Waals surface area contributed by atoms with E-state index in [4.69, 9.17) is 12.2 Å². The summed E-state index contributed by atoms with van der Waals surface area (Å²) < 4.78 is 32.9. The standard InChI is InChI=1S/C19H19BrN2O4S2/c1-12(28(24,25)26)9-13-5-3-6-14(10-13)19(15-7-4-8-16(20)11-15)17(23)22(2)18(27)21-19/h3-8,10-12H,9H2,1-2H3,(H,21,27)(H,24,25,26). The number of hydrogen-bond donors (Lipinski definition) is 2. The van der Waals surface area contributed by atoms with E-state index in [9.17, 15) is 17.8 Å². The second-order valence-electron chi connectivity index (χ2n) is 6.78. The molecule has 0 saturated carbocycles. The Morgan fingerprint density at radius 2 is 1.82 bits per heavy atom. The molecule has 1 aliphatic heterocycles. The maximum absolute atomic E-state index is 13.3. The molecule has 3 rings (SSSR count). The zero-order valence-electron chi connectivity index (χ0n) is 15.2. The van der Waals surface area contributed by atoms with Crippen LogP contribution < -0.4 is 5.32 Å². The fourth-order valence-electron chi connectivity index (χ4n) is 3.29. The van der Waals surface area contributed by atoms with Gasteiger partial charge in [-0.2, -0.15) is 8.42 Å². The summed E-state index contributed by atoms with van der Waals surface area (Å²) in [5.74, 6) is -0.226. The number of carbonyl (C=O) groups is 1. The average molecular weight is 483 g/mol. The van der Waals surface area contributed by atoms with E-state index >= 15 is 0 Å². The van der Waals surface area contributed by atoms with Gasteiger partial charge in [-0.3, -0.25) is 14.2 Å². The highest BCUT2D eigenvalue weighted by Crippen LogP contribution is 2.37. The van der Waals surface area contributed by atoms with Crippen LogP contribution >= 0.6 is 28.1 Å². The summed E-state index contributed by atoms with van der Waals surface area (Å²) in [6, 6.07) is 14.5. The van der Waals surface area contributed by atoms with Crippen molar-refractivity contribution in [3.63, 3.8) is 0 Å². The number of hydrogen-bond acceptors (Lipinski definition) is 4. The molecule has 1 heterocycles. The van der Waals surface area contributed by atoms with E-state index in [0.29, 0.717) is 21.8 Å². The molecule has 2 atom stereocenters. The van der Waals surface area contributed by atoms with Crippen molar-refractivity contribution in [1.82, 2.24) is 10.2 Å². The van der Waals surface area contributed by atoms with Crippen LogP contribution in [0.2, 0.25) is 0 Å². The van der Waals surface area contributed by atoms with Crippen LogP contribution in [0.3, 0.4) is 0 Å². The van der Waals surface area contributed by atoms with Crippen LogP contribution in [-0.4, -0.2) is 41.2 Å². The fourth-order valence-corrected chi connectivity index (χ4v) is 4.33. The number of likely N-dealkylation sites (N-methyl/N-ethyl adjacent to an activating group) is 1. The molecule has 148 valence electrons. The molecule has 28 heavy (non-hydrogen) atoms. The molecule has 0 aliphatic carbocycles. The normalized spacial score (nSPS) is 20.9. The Morgan fingerprint density at radius 3 is 2.36 bits per heavy atom. The molecule has 1 amide bonds. The van der Waals surface area contributed by atoms with Gasteiger partial charge in [-0.05, 0) is 54.4 Å². The van der Waals surface area contributed by atoms with E-state index in [0.717, 1.165) is 4.47 Å². The molecule has 2 aromatic rings. The van der Waals surface area contributed by atoms with E-state index in [1.165, 1.54) is 11.8 Å². The fraction of sp³-hybridized carbons (Fsp3) is 0.263. The van der Waals surface area contributed by atoms with Gasteiger partial charge in [0.25, 0.3) is 16.0 Å². The van der Waals surface area contributed by atoms with Crippen molar-refractivity contribution in [3.05, 3.63) is 69.7 Å². The monoisotopic (exact) mass is 482 g/mol. The maximum atomic E-state index is 13.3. The van der Waals surface area contributed by atoms with Crippen LogP contribution in [0.25, 0.3) is 0 Å². The van der Waals surface area contributed by atoms with Gasteiger partial charge in [-0.1, -0.05) is 52.3 Å². The molecule has 2 N–H and O–H groups in total. The molecular weight excluding hydrogens is 464 g/mol. The largest absolute Gasteiger partial charge is 0.341 e. The van der Waals surface area contributed by atoms with Gasteiger partial charge >= 0.3 is 0 Å². The maximum Gasteiger partial charge on any atom is 0.267 e. The summed E-state index contributed by atoms with van der Waals surface area (Å²) in [4.78, 5) is 14.7. The summed E-state index contributed by atoms with van der Waals surface area (Å²) in [7, 11) is -2.54.